The van der Waals surface area contributed by atoms with E-state index in [-0.39, 0.29) is 16.9 Å². The predicted octanol–water partition coefficient (Wildman–Crippen LogP) is 4.66. The average molecular weight is 440 g/mol. The van der Waals surface area contributed by atoms with E-state index in [9.17, 15) is 14.9 Å². The monoisotopic (exact) mass is 439 g/mol. The Labute approximate surface area is 165 Å². The number of carbonyl (C=O) groups excluding carboxylic acids is 1. The van der Waals surface area contributed by atoms with Crippen molar-refractivity contribution in [1.82, 2.24) is 15.0 Å². The summed E-state index contributed by atoms with van der Waals surface area (Å²) in [5.41, 5.74) is 1.87. The Balaban J connectivity index is 2.59. The van der Waals surface area contributed by atoms with E-state index in [1.807, 2.05) is 0 Å². The molecule has 146 valence electrons. The second kappa shape index (κ2) is 7.26. The lowest BCUT2D eigenvalue weighted by Crippen LogP contribution is -2.51. The average Bonchev–Trinajstić information content (AvgIpc) is 2.48. The number of rotatable bonds is 3. The molecule has 0 bridgehead atoms. The second-order valence-electron chi connectivity index (χ2n) is 7.90. The fraction of sp³-hybridized carbons (Fsp3) is 0.471. The number of amides is 1. The molecule has 0 aliphatic rings. The van der Waals surface area contributed by atoms with E-state index in [2.05, 4.69) is 31.3 Å². The molecule has 2 heterocycles. The molecule has 0 spiro atoms. The summed E-state index contributed by atoms with van der Waals surface area (Å²) >= 11 is 3.30. The van der Waals surface area contributed by atoms with Gasteiger partial charge in [0, 0.05) is 10.7 Å². The number of hydrogen-bond acceptors (Lipinski definition) is 7. The zero-order chi connectivity index (χ0) is 20.6. The number of nitrogens with one attached hydrogen (secondary N) is 1. The molecule has 0 unspecified atom stereocenters. The minimum Gasteiger partial charge on any atom is -0.442 e. The van der Waals surface area contributed by atoms with Crippen LogP contribution >= 0.6 is 15.9 Å². The Morgan fingerprint density at radius 2 is 1.85 bits per heavy atom. The van der Waals surface area contributed by atoms with E-state index in [1.54, 1.807) is 47.6 Å². The second-order valence-corrected chi connectivity index (χ2v) is 8.81. The van der Waals surface area contributed by atoms with Crippen LogP contribution in [0.4, 0.5) is 16.2 Å². The number of halogens is 1. The van der Waals surface area contributed by atoms with E-state index < -0.39 is 22.2 Å². The Hall–Kier alpha value is -2.49. The first-order valence-corrected chi connectivity index (χ1v) is 8.97. The SMILES string of the molecule is CC(C)(C)OC(=O)N(Nc1c([N+](=O)[O-])cnc2cc(Br)cnc12)C(C)(C)C. The maximum atomic E-state index is 12.7. The molecule has 2 rings (SSSR count). The molecule has 2 aromatic heterocycles. The highest BCUT2D eigenvalue weighted by atomic mass is 79.9. The number of fused-ring (bicyclic) bond motifs is 1. The summed E-state index contributed by atoms with van der Waals surface area (Å²) in [6, 6.07) is 1.69. The van der Waals surface area contributed by atoms with Gasteiger partial charge in [-0.2, -0.15) is 0 Å². The molecular weight excluding hydrogens is 418 g/mol. The quantitative estimate of drug-likeness (QED) is 0.546. The molecule has 0 saturated carbocycles. The standard InChI is InChI=1S/C17H22BrN5O4/c1-16(2,3)22(15(24)27-17(4,5)6)21-14-12(23(25)26)9-19-11-7-10(18)8-20-13(11)14/h7-9H,1-6H3,(H,19,21). The Bertz CT molecular complexity index is 889. The molecular formula is C17H22BrN5O4. The van der Waals surface area contributed by atoms with Crippen molar-refractivity contribution in [1.29, 1.82) is 0 Å². The van der Waals surface area contributed by atoms with Gasteiger partial charge < -0.3 is 4.74 Å². The molecule has 0 aliphatic carbocycles. The number of carbonyl (C=O) groups is 1. The van der Waals surface area contributed by atoms with Gasteiger partial charge in [-0.3, -0.25) is 20.5 Å². The lowest BCUT2D eigenvalue weighted by molar-refractivity contribution is -0.384. The smallest absolute Gasteiger partial charge is 0.429 e. The molecule has 0 saturated heterocycles. The van der Waals surface area contributed by atoms with Gasteiger partial charge in [-0.05, 0) is 63.5 Å². The van der Waals surface area contributed by atoms with Crippen molar-refractivity contribution in [2.75, 3.05) is 5.43 Å². The lowest BCUT2D eigenvalue weighted by Gasteiger charge is -2.37. The number of hydrogen-bond donors (Lipinski definition) is 1. The van der Waals surface area contributed by atoms with Gasteiger partial charge in [-0.1, -0.05) is 0 Å². The highest BCUT2D eigenvalue weighted by Gasteiger charge is 2.33. The summed E-state index contributed by atoms with van der Waals surface area (Å²) < 4.78 is 6.12. The first kappa shape index (κ1) is 20.8. The number of hydrazine groups is 1. The molecule has 9 nitrogen and oxygen atoms in total. The van der Waals surface area contributed by atoms with Crippen molar-refractivity contribution in [3.63, 3.8) is 0 Å². The van der Waals surface area contributed by atoms with Crippen molar-refractivity contribution in [2.45, 2.75) is 52.7 Å². The topological polar surface area (TPSA) is 110 Å². The largest absolute Gasteiger partial charge is 0.442 e. The van der Waals surface area contributed by atoms with Gasteiger partial charge in [0.15, 0.2) is 5.69 Å². The maximum Gasteiger partial charge on any atom is 0.429 e. The molecule has 10 heteroatoms. The molecule has 0 fully saturated rings. The van der Waals surface area contributed by atoms with Crippen LogP contribution in [0.3, 0.4) is 0 Å². The van der Waals surface area contributed by atoms with Gasteiger partial charge in [-0.25, -0.2) is 14.8 Å². The summed E-state index contributed by atoms with van der Waals surface area (Å²) in [7, 11) is 0. The zero-order valence-electron chi connectivity index (χ0n) is 16.0. The highest BCUT2D eigenvalue weighted by Crippen LogP contribution is 2.33. The van der Waals surface area contributed by atoms with Crippen LogP contribution in [0.5, 0.6) is 0 Å². The summed E-state index contributed by atoms with van der Waals surface area (Å²) in [5, 5.41) is 12.7. The summed E-state index contributed by atoms with van der Waals surface area (Å²) in [6.45, 7) is 10.6. The third-order valence-electron chi connectivity index (χ3n) is 3.32. The van der Waals surface area contributed by atoms with Crippen LogP contribution in [-0.2, 0) is 4.74 Å². The van der Waals surface area contributed by atoms with E-state index in [4.69, 9.17) is 4.74 Å². The van der Waals surface area contributed by atoms with Crippen molar-refractivity contribution in [2.24, 2.45) is 0 Å². The Kier molecular flexibility index (Phi) is 5.60. The van der Waals surface area contributed by atoms with Crippen LogP contribution < -0.4 is 5.43 Å². The molecule has 1 amide bonds. The number of nitrogens with zero attached hydrogens (tertiary/aromatic N) is 4. The van der Waals surface area contributed by atoms with Crippen LogP contribution in [0.2, 0.25) is 0 Å². The van der Waals surface area contributed by atoms with Crippen LogP contribution in [0, 0.1) is 10.1 Å². The van der Waals surface area contributed by atoms with Crippen molar-refractivity contribution < 1.29 is 14.5 Å². The maximum absolute atomic E-state index is 12.7. The van der Waals surface area contributed by atoms with Gasteiger partial charge in [0.05, 0.1) is 16.0 Å². The molecule has 0 aliphatic heterocycles. The molecule has 0 radical (unpaired) electrons. The minimum atomic E-state index is -0.735. The molecule has 0 aromatic carbocycles. The number of anilines is 1. The lowest BCUT2D eigenvalue weighted by atomic mass is 10.1. The minimum absolute atomic E-state index is 0.0679. The fourth-order valence-electron chi connectivity index (χ4n) is 2.19. The number of nitro groups is 1. The number of aromatic nitrogens is 2. The van der Waals surface area contributed by atoms with E-state index in [0.717, 1.165) is 6.20 Å². The van der Waals surface area contributed by atoms with Crippen molar-refractivity contribution >= 4 is 44.4 Å². The Morgan fingerprint density at radius 3 is 2.37 bits per heavy atom. The van der Waals surface area contributed by atoms with Gasteiger partial charge in [-0.15, -0.1) is 0 Å². The van der Waals surface area contributed by atoms with Crippen molar-refractivity contribution in [3.8, 4) is 0 Å². The molecule has 0 atom stereocenters. The fourth-order valence-corrected chi connectivity index (χ4v) is 2.51. The van der Waals surface area contributed by atoms with Crippen LogP contribution in [0.15, 0.2) is 22.9 Å². The summed E-state index contributed by atoms with van der Waals surface area (Å²) in [6.07, 6.45) is 1.98. The van der Waals surface area contributed by atoms with E-state index in [1.165, 1.54) is 11.2 Å². The zero-order valence-corrected chi connectivity index (χ0v) is 17.6. The molecule has 27 heavy (non-hydrogen) atoms. The van der Waals surface area contributed by atoms with Crippen LogP contribution in [0.25, 0.3) is 11.0 Å². The number of ether oxygens (including phenoxy) is 1. The van der Waals surface area contributed by atoms with Gasteiger partial charge in [0.25, 0.3) is 0 Å². The molecule has 2 aromatic rings. The van der Waals surface area contributed by atoms with Gasteiger partial charge in [0.1, 0.15) is 17.3 Å². The first-order chi connectivity index (χ1) is 12.3. The predicted molar refractivity (Wildman–Crippen MR) is 105 cm³/mol. The van der Waals surface area contributed by atoms with Crippen LogP contribution in [-0.4, -0.2) is 37.1 Å². The normalized spacial score (nSPS) is 12.0. The van der Waals surface area contributed by atoms with Crippen molar-refractivity contribution in [3.05, 3.63) is 33.0 Å². The van der Waals surface area contributed by atoms with Gasteiger partial charge in [0.2, 0.25) is 0 Å². The summed E-state index contributed by atoms with van der Waals surface area (Å²) in [4.78, 5) is 32.0. The molecule has 1 N–H and O–H groups in total. The highest BCUT2D eigenvalue weighted by molar-refractivity contribution is 9.10. The van der Waals surface area contributed by atoms with E-state index >= 15 is 0 Å². The third-order valence-corrected chi connectivity index (χ3v) is 3.75. The third kappa shape index (κ3) is 5.03. The first-order valence-electron chi connectivity index (χ1n) is 8.18. The summed E-state index contributed by atoms with van der Waals surface area (Å²) in [5.74, 6) is 0. The number of pyridine rings is 2. The van der Waals surface area contributed by atoms with Gasteiger partial charge >= 0.3 is 11.8 Å². The Morgan fingerprint density at radius 1 is 1.22 bits per heavy atom. The van der Waals surface area contributed by atoms with E-state index in [0.29, 0.717) is 9.99 Å². The van der Waals surface area contributed by atoms with Crippen LogP contribution in [0.1, 0.15) is 41.5 Å².